The van der Waals surface area contributed by atoms with Gasteiger partial charge in [0, 0.05) is 11.5 Å². The Hall–Kier alpha value is -8.56. The summed E-state index contributed by atoms with van der Waals surface area (Å²) >= 11 is 0. The fourth-order valence-electron chi connectivity index (χ4n) is 11.8. The van der Waals surface area contributed by atoms with Crippen LogP contribution in [0.1, 0.15) is 59.8 Å². The molecular weight excluding hydrogens is 1300 g/mol. The largest absolute Gasteiger partial charge is 0.346 e. The van der Waals surface area contributed by atoms with Gasteiger partial charge in [-0.05, 0) is 77.6 Å². The molecule has 10 aromatic carbocycles. The van der Waals surface area contributed by atoms with Gasteiger partial charge in [0.05, 0.1) is 40.2 Å². The summed E-state index contributed by atoms with van der Waals surface area (Å²) in [6.07, 6.45) is 0.746. The van der Waals surface area contributed by atoms with Gasteiger partial charge in [0.25, 0.3) is 0 Å². The van der Waals surface area contributed by atoms with Gasteiger partial charge in [-0.25, -0.2) is 114 Å². The van der Waals surface area contributed by atoms with Crippen LogP contribution in [0.2, 0.25) is 0 Å². The van der Waals surface area contributed by atoms with Gasteiger partial charge in [-0.1, -0.05) is 82.5 Å². The summed E-state index contributed by atoms with van der Waals surface area (Å²) < 4.78 is 397. The molecule has 28 heteroatoms. The fraction of sp³-hybridized carbons (Fsp3) is 0.200. The standard InChI is InChI=1S/C40H8BF20.C13H29N.C12H4F6/c42-13-5-1-9-17(25(13)46)29(50)37(58)33(54)21(9)41(22-10-2-6-14(43)26(47)18(10)30(51)38(59)34(22)55,23-11-3-7-15(44)27(48)19(11)31(52)39(60)35(23)56)24-12-4-8-16(45)28(49)20(12)32(53)40(61)36(24)57;1-5-8-13(6-2)10-9-12(4)11-14-7-3;13-6-4-2-1-3-5(6)7-8(14)10(16)12(18)11(17)9(7)15/h1-8H;12-14H,5-11H2,1-4H3;1-4H/q-1;;/p+1. The summed E-state index contributed by atoms with van der Waals surface area (Å²) in [7, 11) is 0. The molecule has 0 bridgehead atoms. The summed E-state index contributed by atoms with van der Waals surface area (Å²) in [6, 6.07) is 3.74. The second kappa shape index (κ2) is 27.6. The minimum absolute atomic E-state index is 0.0220. The number of nitrogens with two attached hydrogens (primary N) is 1. The molecule has 0 saturated carbocycles. The molecule has 10 rings (SSSR count). The van der Waals surface area contributed by atoms with Crippen molar-refractivity contribution in [3.63, 3.8) is 0 Å². The van der Waals surface area contributed by atoms with Crippen LogP contribution in [0, 0.1) is 163 Å². The first-order valence-electron chi connectivity index (χ1n) is 27.8. The Balaban J connectivity index is 0.000000283. The van der Waals surface area contributed by atoms with Gasteiger partial charge < -0.3 is 5.32 Å². The van der Waals surface area contributed by atoms with Gasteiger partial charge in [-0.2, -0.15) is 0 Å². The van der Waals surface area contributed by atoms with Crippen LogP contribution in [0.4, 0.5) is 114 Å². The van der Waals surface area contributed by atoms with Crippen LogP contribution in [-0.4, -0.2) is 19.2 Å². The third kappa shape index (κ3) is 11.8. The second-order valence-electron chi connectivity index (χ2n) is 21.5. The van der Waals surface area contributed by atoms with Crippen molar-refractivity contribution in [3.05, 3.63) is 224 Å². The van der Waals surface area contributed by atoms with Crippen molar-refractivity contribution >= 4 is 71.1 Å². The highest BCUT2D eigenvalue weighted by molar-refractivity contribution is 7.23. The number of benzene rings is 10. The Morgan fingerprint density at radius 3 is 0.903 bits per heavy atom. The summed E-state index contributed by atoms with van der Waals surface area (Å²) in [5, 5.41) is -13.8. The second-order valence-corrected chi connectivity index (χ2v) is 21.5. The third-order valence-corrected chi connectivity index (χ3v) is 16.2. The van der Waals surface area contributed by atoms with E-state index in [1.165, 1.54) is 57.3 Å². The lowest BCUT2D eigenvalue weighted by Gasteiger charge is -2.47. The molecule has 0 spiro atoms. The zero-order valence-corrected chi connectivity index (χ0v) is 48.0. The Labute approximate surface area is 509 Å². The van der Waals surface area contributed by atoms with Crippen molar-refractivity contribution in [2.45, 2.75) is 59.8 Å². The van der Waals surface area contributed by atoms with Crippen LogP contribution in [-0.2, 0) is 0 Å². The number of hydrogen-bond donors (Lipinski definition) is 1. The molecule has 0 aliphatic heterocycles. The number of quaternary nitrogens is 1. The molecule has 93 heavy (non-hydrogen) atoms. The highest BCUT2D eigenvalue weighted by atomic mass is 19.2. The van der Waals surface area contributed by atoms with Crippen LogP contribution in [0.25, 0.3) is 54.2 Å². The van der Waals surface area contributed by atoms with E-state index in [1.54, 1.807) is 0 Å². The van der Waals surface area contributed by atoms with Crippen LogP contribution in [0.15, 0.2) is 72.8 Å². The average Bonchev–Trinajstić information content (AvgIpc) is 0.671. The Kier molecular flexibility index (Phi) is 20.8. The molecule has 2 unspecified atom stereocenters. The summed E-state index contributed by atoms with van der Waals surface area (Å²) in [5.74, 6) is -64.6. The van der Waals surface area contributed by atoms with E-state index in [0.717, 1.165) is 24.0 Å². The van der Waals surface area contributed by atoms with Gasteiger partial charge >= 0.3 is 0 Å². The molecule has 10 aromatic rings. The monoisotopic (exact) mass is 1340 g/mol. The maximum absolute atomic E-state index is 17.3. The minimum atomic E-state index is -6.29. The molecule has 0 aliphatic carbocycles. The predicted octanol–water partition coefficient (Wildman–Crippen LogP) is 17.5. The first kappa shape index (κ1) is 70.3. The van der Waals surface area contributed by atoms with Gasteiger partial charge in [-0.3, -0.25) is 0 Å². The Morgan fingerprint density at radius 1 is 0.312 bits per heavy atom. The van der Waals surface area contributed by atoms with E-state index >= 15 is 70.2 Å². The number of hydrogen-bond acceptors (Lipinski definition) is 0. The van der Waals surface area contributed by atoms with E-state index < -0.39 is 233 Å². The molecule has 0 aliphatic rings. The van der Waals surface area contributed by atoms with Crippen molar-refractivity contribution < 1.29 is 119 Å². The number of halogens is 26. The van der Waals surface area contributed by atoms with Crippen molar-refractivity contribution in [3.8, 4) is 11.1 Å². The van der Waals surface area contributed by atoms with Crippen molar-refractivity contribution in [2.75, 3.05) is 13.1 Å². The molecule has 0 aromatic heterocycles. The maximum atomic E-state index is 17.3. The molecule has 2 N–H and O–H groups in total. The van der Waals surface area contributed by atoms with E-state index in [1.807, 2.05) is 0 Å². The Bertz CT molecular complexity index is 4160. The highest BCUT2D eigenvalue weighted by Crippen LogP contribution is 2.39. The van der Waals surface area contributed by atoms with Crippen molar-refractivity contribution in [1.82, 2.24) is 0 Å². The number of fused-ring (bicyclic) bond motifs is 4. The van der Waals surface area contributed by atoms with Gasteiger partial charge in [0.15, 0.2) is 116 Å². The molecule has 0 amide bonds. The molecule has 0 radical (unpaired) electrons. The summed E-state index contributed by atoms with van der Waals surface area (Å²) in [6.45, 7) is 11.8. The normalized spacial score (nSPS) is 12.5. The molecule has 492 valence electrons. The zero-order valence-electron chi connectivity index (χ0n) is 48.0. The molecule has 1 nitrogen and oxygen atoms in total. The van der Waals surface area contributed by atoms with Crippen LogP contribution in [0.5, 0.6) is 0 Å². The first-order valence-corrected chi connectivity index (χ1v) is 27.8. The lowest BCUT2D eigenvalue weighted by atomic mass is 9.11. The quantitative estimate of drug-likeness (QED) is 0.0484. The van der Waals surface area contributed by atoms with Crippen LogP contribution >= 0.6 is 0 Å². The molecule has 0 fully saturated rings. The van der Waals surface area contributed by atoms with Crippen molar-refractivity contribution in [2.24, 2.45) is 11.8 Å². The molecule has 0 heterocycles. The lowest BCUT2D eigenvalue weighted by molar-refractivity contribution is -0.657. The lowest BCUT2D eigenvalue weighted by Crippen LogP contribution is -2.84. The van der Waals surface area contributed by atoms with Gasteiger partial charge in [0.2, 0.25) is 5.82 Å². The van der Waals surface area contributed by atoms with E-state index in [4.69, 9.17) is 0 Å². The fourth-order valence-corrected chi connectivity index (χ4v) is 11.8. The van der Waals surface area contributed by atoms with Gasteiger partial charge in [-0.15, -0.1) is 21.9 Å². The SMILES string of the molecule is CCCC(CC)CCC(C)C[NH2+]CC.Fc1ccc2c([B-](c3c(F)c(F)c(F)c4c(F)c(F)ccc34)(c3c(F)c(F)c(F)c4c(F)c(F)ccc34)c3c(F)c(F)c(F)c4c(F)c(F)ccc34)c(F)c(F)c(F)c2c1F.Fc1ccccc1-c1c(F)c(F)c(F)c(F)c1F. The molecule has 2 atom stereocenters. The third-order valence-electron chi connectivity index (χ3n) is 16.2. The highest BCUT2D eigenvalue weighted by Gasteiger charge is 2.49. The van der Waals surface area contributed by atoms with Gasteiger partial charge in [0.1, 0.15) is 35.2 Å². The summed E-state index contributed by atoms with van der Waals surface area (Å²) in [4.78, 5) is 0. The van der Waals surface area contributed by atoms with Crippen LogP contribution in [0.3, 0.4) is 0 Å². The smallest absolute Gasteiger partial charge is 0.200 e. The summed E-state index contributed by atoms with van der Waals surface area (Å²) in [5.41, 5.74) is -11.7. The first-order chi connectivity index (χ1) is 43.8. The number of rotatable bonds is 14. The zero-order chi connectivity index (χ0) is 68.9. The molecular formula is C65H42BF26N. The maximum Gasteiger partial charge on any atom is 0.200 e. The van der Waals surface area contributed by atoms with E-state index in [0.29, 0.717) is 0 Å². The molecule has 0 saturated heterocycles. The van der Waals surface area contributed by atoms with E-state index in [-0.39, 0.29) is 48.5 Å². The predicted molar refractivity (Wildman–Crippen MR) is 295 cm³/mol. The topological polar surface area (TPSA) is 16.6 Å². The van der Waals surface area contributed by atoms with Crippen LogP contribution < -0.4 is 27.2 Å². The van der Waals surface area contributed by atoms with E-state index in [2.05, 4.69) is 33.0 Å². The van der Waals surface area contributed by atoms with Crippen molar-refractivity contribution in [1.29, 1.82) is 0 Å². The minimum Gasteiger partial charge on any atom is -0.346 e. The average molecular weight is 1340 g/mol. The Morgan fingerprint density at radius 2 is 0.613 bits per heavy atom. The van der Waals surface area contributed by atoms with E-state index in [9.17, 15) is 43.9 Å².